The highest BCUT2D eigenvalue weighted by Crippen LogP contribution is 2.10. The highest BCUT2D eigenvalue weighted by atomic mass is 16.3. The average Bonchev–Trinajstić information content (AvgIpc) is 2.41. The number of aromatic nitrogens is 2. The summed E-state index contributed by atoms with van der Waals surface area (Å²) in [5.74, 6) is 0. The molecular formula is C13H17N3O2. The van der Waals surface area contributed by atoms with E-state index in [0.717, 1.165) is 5.39 Å². The summed E-state index contributed by atoms with van der Waals surface area (Å²) in [7, 11) is 0. The fourth-order valence-corrected chi connectivity index (χ4v) is 1.81. The van der Waals surface area contributed by atoms with Gasteiger partial charge in [-0.3, -0.25) is 10.2 Å². The Morgan fingerprint density at radius 1 is 1.50 bits per heavy atom. The Bertz CT molecular complexity index is 607. The number of rotatable bonds is 4. The van der Waals surface area contributed by atoms with E-state index in [9.17, 15) is 9.90 Å². The number of nitrogens with one attached hydrogen (secondary N) is 1. The topological polar surface area (TPSA) is 67.2 Å². The van der Waals surface area contributed by atoms with Crippen LogP contribution in [0, 0.1) is 0 Å². The molecule has 5 nitrogen and oxygen atoms in total. The van der Waals surface area contributed by atoms with E-state index in [4.69, 9.17) is 0 Å². The largest absolute Gasteiger partial charge is 0.372 e. The van der Waals surface area contributed by atoms with Gasteiger partial charge >= 0.3 is 0 Å². The molecule has 1 atom stereocenters. The maximum absolute atomic E-state index is 12.2. The lowest BCUT2D eigenvalue weighted by atomic mass is 10.2. The number of hydrogen-bond acceptors (Lipinski definition) is 4. The van der Waals surface area contributed by atoms with Crippen molar-refractivity contribution in [2.24, 2.45) is 0 Å². The summed E-state index contributed by atoms with van der Waals surface area (Å²) < 4.78 is 1.34. The molecule has 96 valence electrons. The Kier molecular flexibility index (Phi) is 3.62. The quantitative estimate of drug-likeness (QED) is 0.797. The number of nitrogens with zero attached hydrogens (tertiary/aromatic N) is 2. The molecule has 0 saturated heterocycles. The van der Waals surface area contributed by atoms with Crippen LogP contribution in [0.25, 0.3) is 11.0 Å². The van der Waals surface area contributed by atoms with Crippen LogP contribution in [0.5, 0.6) is 0 Å². The number of hydrogen-bond donors (Lipinski definition) is 2. The molecule has 0 aliphatic rings. The molecule has 0 aliphatic carbocycles. The van der Waals surface area contributed by atoms with Gasteiger partial charge in [-0.05, 0) is 31.0 Å². The Morgan fingerprint density at radius 3 is 2.94 bits per heavy atom. The standard InChI is InChI=1S/C13H17N3O2/c1-3-9-8-10-6-5-7-14-12(10)16(13(9)18)15-11(17)4-2/h5-8,11,15,17H,3-4H2,1-2H3. The molecule has 2 rings (SSSR count). The number of aliphatic hydroxyl groups is 1. The van der Waals surface area contributed by atoms with Gasteiger partial charge in [0.25, 0.3) is 5.56 Å². The second kappa shape index (κ2) is 5.18. The van der Waals surface area contributed by atoms with Crippen molar-refractivity contribution in [3.63, 3.8) is 0 Å². The Balaban J connectivity index is 2.66. The first-order chi connectivity index (χ1) is 8.67. The van der Waals surface area contributed by atoms with Gasteiger partial charge in [-0.15, -0.1) is 0 Å². The molecule has 0 saturated carbocycles. The summed E-state index contributed by atoms with van der Waals surface area (Å²) in [6.07, 6.45) is 2.02. The highest BCUT2D eigenvalue weighted by Gasteiger charge is 2.10. The maximum Gasteiger partial charge on any atom is 0.274 e. The molecule has 2 aromatic heterocycles. The van der Waals surface area contributed by atoms with Gasteiger partial charge in [0.2, 0.25) is 0 Å². The molecule has 5 heteroatoms. The first-order valence-electron chi connectivity index (χ1n) is 6.11. The fourth-order valence-electron chi connectivity index (χ4n) is 1.81. The highest BCUT2D eigenvalue weighted by molar-refractivity contribution is 5.75. The van der Waals surface area contributed by atoms with Crippen LogP contribution in [0.2, 0.25) is 0 Å². The SMILES string of the molecule is CCc1cc2cccnc2n(NC(O)CC)c1=O. The van der Waals surface area contributed by atoms with Crippen molar-refractivity contribution in [3.8, 4) is 0 Å². The Hall–Kier alpha value is -1.88. The van der Waals surface area contributed by atoms with E-state index in [0.29, 0.717) is 24.1 Å². The van der Waals surface area contributed by atoms with Gasteiger partial charge in [-0.2, -0.15) is 0 Å². The average molecular weight is 247 g/mol. The predicted octanol–water partition coefficient (Wildman–Crippen LogP) is 1.23. The van der Waals surface area contributed by atoms with Crippen molar-refractivity contribution in [1.29, 1.82) is 0 Å². The zero-order chi connectivity index (χ0) is 13.1. The van der Waals surface area contributed by atoms with Gasteiger partial charge in [0.05, 0.1) is 0 Å². The van der Waals surface area contributed by atoms with E-state index in [1.807, 2.05) is 32.0 Å². The van der Waals surface area contributed by atoms with Crippen LogP contribution in [-0.2, 0) is 6.42 Å². The second-order valence-corrected chi connectivity index (χ2v) is 4.13. The first-order valence-corrected chi connectivity index (χ1v) is 6.11. The minimum Gasteiger partial charge on any atom is -0.372 e. The number of pyridine rings is 2. The monoisotopic (exact) mass is 247 g/mol. The summed E-state index contributed by atoms with van der Waals surface area (Å²) >= 11 is 0. The van der Waals surface area contributed by atoms with Crippen LogP contribution in [0.1, 0.15) is 25.8 Å². The van der Waals surface area contributed by atoms with Gasteiger partial charge in [-0.1, -0.05) is 13.8 Å². The summed E-state index contributed by atoms with van der Waals surface area (Å²) in [4.78, 5) is 16.4. The normalized spacial score (nSPS) is 12.6. The Morgan fingerprint density at radius 2 is 2.28 bits per heavy atom. The minimum atomic E-state index is -0.764. The van der Waals surface area contributed by atoms with Gasteiger partial charge < -0.3 is 5.11 Å². The first kappa shape index (κ1) is 12.6. The third-order valence-corrected chi connectivity index (χ3v) is 2.88. The molecule has 0 bridgehead atoms. The van der Waals surface area contributed by atoms with Crippen LogP contribution >= 0.6 is 0 Å². The lowest BCUT2D eigenvalue weighted by Gasteiger charge is -2.16. The summed E-state index contributed by atoms with van der Waals surface area (Å²) in [5.41, 5.74) is 3.85. The zero-order valence-electron chi connectivity index (χ0n) is 10.6. The van der Waals surface area contributed by atoms with E-state index in [1.54, 1.807) is 6.20 Å². The molecule has 0 fully saturated rings. The van der Waals surface area contributed by atoms with Gasteiger partial charge in [0.15, 0.2) is 5.65 Å². The predicted molar refractivity (Wildman–Crippen MR) is 71.0 cm³/mol. The molecule has 2 heterocycles. The van der Waals surface area contributed by atoms with Gasteiger partial charge in [0.1, 0.15) is 6.23 Å². The summed E-state index contributed by atoms with van der Waals surface area (Å²) in [5, 5.41) is 10.5. The molecular weight excluding hydrogens is 230 g/mol. The van der Waals surface area contributed by atoms with Crippen LogP contribution in [-0.4, -0.2) is 21.0 Å². The lowest BCUT2D eigenvalue weighted by Crippen LogP contribution is -2.37. The van der Waals surface area contributed by atoms with Crippen molar-refractivity contribution in [2.75, 3.05) is 5.43 Å². The van der Waals surface area contributed by atoms with E-state index in [1.165, 1.54) is 4.68 Å². The number of aryl methyl sites for hydroxylation is 1. The number of fused-ring (bicyclic) bond motifs is 1. The maximum atomic E-state index is 12.2. The van der Waals surface area contributed by atoms with Crippen LogP contribution in [0.15, 0.2) is 29.2 Å². The van der Waals surface area contributed by atoms with Crippen LogP contribution in [0.3, 0.4) is 0 Å². The molecule has 0 aliphatic heterocycles. The molecule has 1 unspecified atom stereocenters. The van der Waals surface area contributed by atoms with Gasteiger partial charge in [0, 0.05) is 17.1 Å². The second-order valence-electron chi connectivity index (χ2n) is 4.13. The molecule has 2 aromatic rings. The minimum absolute atomic E-state index is 0.156. The van der Waals surface area contributed by atoms with E-state index in [-0.39, 0.29) is 5.56 Å². The van der Waals surface area contributed by atoms with Crippen molar-refractivity contribution >= 4 is 11.0 Å². The van der Waals surface area contributed by atoms with Crippen molar-refractivity contribution in [1.82, 2.24) is 9.66 Å². The summed E-state index contributed by atoms with van der Waals surface area (Å²) in [6.45, 7) is 3.77. The third-order valence-electron chi connectivity index (χ3n) is 2.88. The fraction of sp³-hybridized carbons (Fsp3) is 0.385. The van der Waals surface area contributed by atoms with Crippen LogP contribution in [0.4, 0.5) is 0 Å². The Labute approximate surface area is 105 Å². The van der Waals surface area contributed by atoms with Gasteiger partial charge in [-0.25, -0.2) is 9.66 Å². The number of aliphatic hydroxyl groups excluding tert-OH is 1. The molecule has 18 heavy (non-hydrogen) atoms. The van der Waals surface area contributed by atoms with E-state index >= 15 is 0 Å². The van der Waals surface area contributed by atoms with Crippen molar-refractivity contribution in [3.05, 3.63) is 40.3 Å². The van der Waals surface area contributed by atoms with Crippen molar-refractivity contribution in [2.45, 2.75) is 32.9 Å². The lowest BCUT2D eigenvalue weighted by molar-refractivity contribution is 0.184. The molecule has 0 amide bonds. The van der Waals surface area contributed by atoms with E-state index in [2.05, 4.69) is 10.4 Å². The smallest absolute Gasteiger partial charge is 0.274 e. The molecule has 0 spiro atoms. The molecule has 0 radical (unpaired) electrons. The van der Waals surface area contributed by atoms with E-state index < -0.39 is 6.23 Å². The molecule has 0 aromatic carbocycles. The zero-order valence-corrected chi connectivity index (χ0v) is 10.6. The third kappa shape index (κ3) is 2.22. The summed E-state index contributed by atoms with van der Waals surface area (Å²) in [6, 6.07) is 5.57. The molecule has 2 N–H and O–H groups in total. The van der Waals surface area contributed by atoms with Crippen molar-refractivity contribution < 1.29 is 5.11 Å². The van der Waals surface area contributed by atoms with Crippen LogP contribution < -0.4 is 11.0 Å².